The van der Waals surface area contributed by atoms with Gasteiger partial charge >= 0.3 is 0 Å². The van der Waals surface area contributed by atoms with E-state index in [1.165, 1.54) is 10.8 Å². The van der Waals surface area contributed by atoms with Gasteiger partial charge in [-0.1, -0.05) is 30.3 Å². The predicted molar refractivity (Wildman–Crippen MR) is 78.0 cm³/mol. The maximum absolute atomic E-state index is 11.0. The molecule has 0 saturated carbocycles. The first-order valence-electron chi connectivity index (χ1n) is 6.17. The number of nitrogens with zero attached hydrogens (tertiary/aromatic N) is 2. The van der Waals surface area contributed by atoms with Crippen molar-refractivity contribution in [2.24, 2.45) is 0 Å². The SMILES string of the molecule is CN1CCN(C)[P]1(O)c1ccc2ccccc2c1. The number of benzene rings is 2. The van der Waals surface area contributed by atoms with Crippen molar-refractivity contribution < 1.29 is 4.89 Å². The second kappa shape index (κ2) is 4.29. The molecular formula is C14H18N2OP. The van der Waals surface area contributed by atoms with Gasteiger partial charge in [0.05, 0.1) is 0 Å². The van der Waals surface area contributed by atoms with E-state index < -0.39 is 7.79 Å². The van der Waals surface area contributed by atoms with Crippen LogP contribution in [0.25, 0.3) is 10.8 Å². The molecule has 0 bridgehead atoms. The van der Waals surface area contributed by atoms with Crippen molar-refractivity contribution in [1.82, 2.24) is 9.34 Å². The molecule has 0 spiro atoms. The average Bonchev–Trinajstić information content (AvgIpc) is 2.67. The Hall–Kier alpha value is -0.990. The third kappa shape index (κ3) is 1.67. The van der Waals surface area contributed by atoms with Crippen molar-refractivity contribution in [2.45, 2.75) is 0 Å². The molecule has 2 aromatic rings. The van der Waals surface area contributed by atoms with Crippen molar-refractivity contribution >= 4 is 23.9 Å². The van der Waals surface area contributed by atoms with Gasteiger partial charge in [0.1, 0.15) is 7.79 Å². The summed E-state index contributed by atoms with van der Waals surface area (Å²) in [4.78, 5) is 11.0. The fraction of sp³-hybridized carbons (Fsp3) is 0.286. The first kappa shape index (κ1) is 12.1. The topological polar surface area (TPSA) is 26.7 Å². The molecule has 1 N–H and O–H groups in total. The minimum absolute atomic E-state index is 0.924. The van der Waals surface area contributed by atoms with Crippen molar-refractivity contribution in [2.75, 3.05) is 27.2 Å². The van der Waals surface area contributed by atoms with Gasteiger partial charge in [-0.2, -0.15) is 0 Å². The normalized spacial score (nSPS) is 20.6. The van der Waals surface area contributed by atoms with Gasteiger partial charge in [0.15, 0.2) is 0 Å². The van der Waals surface area contributed by atoms with Crippen LogP contribution in [0.5, 0.6) is 0 Å². The molecule has 4 heteroatoms. The molecule has 18 heavy (non-hydrogen) atoms. The Bertz CT molecular complexity index is 577. The van der Waals surface area contributed by atoms with Gasteiger partial charge in [-0.15, -0.1) is 0 Å². The minimum Gasteiger partial charge on any atom is -0.350 e. The van der Waals surface area contributed by atoms with Crippen LogP contribution < -0.4 is 5.30 Å². The lowest BCUT2D eigenvalue weighted by Gasteiger charge is -2.37. The lowest BCUT2D eigenvalue weighted by atomic mass is 10.1. The molecule has 1 radical (unpaired) electrons. The Morgan fingerprint density at radius 1 is 0.944 bits per heavy atom. The lowest BCUT2D eigenvalue weighted by Crippen LogP contribution is -2.28. The van der Waals surface area contributed by atoms with E-state index in [-0.39, 0.29) is 0 Å². The molecule has 0 amide bonds. The molecule has 1 aliphatic heterocycles. The minimum atomic E-state index is -2.29. The summed E-state index contributed by atoms with van der Waals surface area (Å²) >= 11 is 0. The molecule has 3 nitrogen and oxygen atoms in total. The summed E-state index contributed by atoms with van der Waals surface area (Å²) < 4.78 is 4.19. The second-order valence-electron chi connectivity index (χ2n) is 4.86. The summed E-state index contributed by atoms with van der Waals surface area (Å²) in [5.41, 5.74) is 0. The summed E-state index contributed by atoms with van der Waals surface area (Å²) in [5, 5.41) is 3.46. The third-order valence-corrected chi connectivity index (χ3v) is 7.05. The molecule has 1 saturated heterocycles. The fourth-order valence-corrected chi connectivity index (χ4v) is 5.22. The van der Waals surface area contributed by atoms with Crippen LogP contribution in [0.3, 0.4) is 0 Å². The van der Waals surface area contributed by atoms with Crippen LogP contribution in [0.2, 0.25) is 0 Å². The monoisotopic (exact) mass is 261 g/mol. The van der Waals surface area contributed by atoms with Crippen LogP contribution in [0.15, 0.2) is 42.5 Å². The van der Waals surface area contributed by atoms with Gasteiger partial charge < -0.3 is 4.89 Å². The largest absolute Gasteiger partial charge is 0.350 e. The molecule has 3 rings (SSSR count). The Morgan fingerprint density at radius 2 is 1.56 bits per heavy atom. The zero-order valence-corrected chi connectivity index (χ0v) is 11.6. The number of hydrogen-bond acceptors (Lipinski definition) is 3. The Morgan fingerprint density at radius 3 is 2.22 bits per heavy atom. The van der Waals surface area contributed by atoms with Crippen LogP contribution in [0.4, 0.5) is 0 Å². The summed E-state index contributed by atoms with van der Waals surface area (Å²) in [5.74, 6) is 0. The van der Waals surface area contributed by atoms with Crippen LogP contribution >= 0.6 is 7.79 Å². The Kier molecular flexibility index (Phi) is 2.87. The van der Waals surface area contributed by atoms with Crippen LogP contribution in [0, 0.1) is 0 Å². The molecule has 1 heterocycles. The molecule has 2 aromatic carbocycles. The molecule has 0 unspecified atom stereocenters. The maximum atomic E-state index is 11.0. The predicted octanol–water partition coefficient (Wildman–Crippen LogP) is 2.10. The first-order chi connectivity index (χ1) is 8.62. The maximum Gasteiger partial charge on any atom is 0.142 e. The van der Waals surface area contributed by atoms with E-state index in [9.17, 15) is 4.89 Å². The zero-order valence-electron chi connectivity index (χ0n) is 10.7. The highest BCUT2D eigenvalue weighted by atomic mass is 31.2. The number of fused-ring (bicyclic) bond motifs is 1. The van der Waals surface area contributed by atoms with E-state index in [2.05, 4.69) is 39.7 Å². The lowest BCUT2D eigenvalue weighted by molar-refractivity contribution is 0.477. The van der Waals surface area contributed by atoms with Gasteiger partial charge in [0, 0.05) is 18.4 Å². The highest BCUT2D eigenvalue weighted by Crippen LogP contribution is 2.61. The van der Waals surface area contributed by atoms with E-state index in [0.717, 1.165) is 18.4 Å². The van der Waals surface area contributed by atoms with Gasteiger partial charge in [-0.25, -0.2) is 0 Å². The summed E-state index contributed by atoms with van der Waals surface area (Å²) in [6.45, 7) is 1.85. The number of hydrogen-bond donors (Lipinski definition) is 1. The van der Waals surface area contributed by atoms with E-state index >= 15 is 0 Å². The van der Waals surface area contributed by atoms with Crippen molar-refractivity contribution in [3.8, 4) is 0 Å². The van der Waals surface area contributed by atoms with Gasteiger partial charge in [-0.05, 0) is 37.0 Å². The van der Waals surface area contributed by atoms with Gasteiger partial charge in [0.2, 0.25) is 0 Å². The average molecular weight is 261 g/mol. The molecule has 1 fully saturated rings. The quantitative estimate of drug-likeness (QED) is 0.796. The smallest absolute Gasteiger partial charge is 0.142 e. The molecule has 0 atom stereocenters. The highest BCUT2D eigenvalue weighted by molar-refractivity contribution is 7.73. The van der Waals surface area contributed by atoms with E-state index in [0.29, 0.717) is 0 Å². The summed E-state index contributed by atoms with van der Waals surface area (Å²) in [6, 6.07) is 14.6. The van der Waals surface area contributed by atoms with Crippen LogP contribution in [-0.4, -0.2) is 41.4 Å². The molecule has 95 valence electrons. The van der Waals surface area contributed by atoms with Crippen molar-refractivity contribution in [3.63, 3.8) is 0 Å². The van der Waals surface area contributed by atoms with Crippen molar-refractivity contribution in [3.05, 3.63) is 42.5 Å². The molecular weight excluding hydrogens is 243 g/mol. The molecule has 1 aliphatic rings. The second-order valence-corrected chi connectivity index (χ2v) is 7.88. The van der Waals surface area contributed by atoms with Crippen LogP contribution in [-0.2, 0) is 0 Å². The summed E-state index contributed by atoms with van der Waals surface area (Å²) in [6.07, 6.45) is 0. The Labute approximate surface area is 108 Å². The van der Waals surface area contributed by atoms with E-state index in [4.69, 9.17) is 0 Å². The zero-order chi connectivity index (χ0) is 12.8. The fourth-order valence-electron chi connectivity index (χ4n) is 2.59. The van der Waals surface area contributed by atoms with Crippen LogP contribution in [0.1, 0.15) is 0 Å². The summed E-state index contributed by atoms with van der Waals surface area (Å²) in [7, 11) is 1.72. The Balaban J connectivity index is 2.14. The number of rotatable bonds is 1. The third-order valence-electron chi connectivity index (χ3n) is 3.78. The van der Waals surface area contributed by atoms with E-state index in [1.807, 2.05) is 26.2 Å². The highest BCUT2D eigenvalue weighted by Gasteiger charge is 2.41. The number of likely N-dealkylation sites (N-methyl/N-ethyl adjacent to an activating group) is 2. The van der Waals surface area contributed by atoms with Gasteiger partial charge in [-0.3, -0.25) is 9.34 Å². The standard InChI is InChI=1S/C14H18N2OP/c1-15-9-10-16(2)18(15,17)14-8-7-12-5-3-4-6-13(12)11-14/h3-8,11,17H,9-10H2,1-2H3. The first-order valence-corrected chi connectivity index (χ1v) is 7.81. The van der Waals surface area contributed by atoms with Crippen molar-refractivity contribution in [1.29, 1.82) is 0 Å². The van der Waals surface area contributed by atoms with Gasteiger partial charge in [0.25, 0.3) is 0 Å². The molecule has 0 aromatic heterocycles. The van der Waals surface area contributed by atoms with E-state index in [1.54, 1.807) is 0 Å². The molecule has 0 aliphatic carbocycles.